The number of amides is 1. The largest absolute Gasteiger partial charge is 0.353 e. The average Bonchev–Trinajstić information content (AvgIpc) is 3.14. The fourth-order valence-electron chi connectivity index (χ4n) is 1.44. The number of rotatable bonds is 5. The minimum atomic E-state index is 0.0645. The highest BCUT2D eigenvalue weighted by Crippen LogP contribution is 2.25. The Morgan fingerprint density at radius 3 is 2.83 bits per heavy atom. The molecule has 0 radical (unpaired) electrons. The third kappa shape index (κ3) is 3.59. The molecular weight excluding hydrogens is 270 g/mol. The summed E-state index contributed by atoms with van der Waals surface area (Å²) in [6, 6.07) is 0.402. The number of nitrogens with zero attached hydrogens (tertiary/aromatic N) is 2. The van der Waals surface area contributed by atoms with Crippen molar-refractivity contribution in [2.75, 3.05) is 5.75 Å². The maximum absolute atomic E-state index is 11.6. The molecule has 6 heteroatoms. The molecule has 0 aliphatic heterocycles. The Balaban J connectivity index is 1.98. The highest BCUT2D eigenvalue weighted by Gasteiger charge is 2.23. The molecule has 1 saturated carbocycles. The van der Waals surface area contributed by atoms with Crippen LogP contribution in [0.2, 0.25) is 5.15 Å². The summed E-state index contributed by atoms with van der Waals surface area (Å²) in [6.45, 7) is 3.86. The van der Waals surface area contributed by atoms with Gasteiger partial charge < -0.3 is 5.32 Å². The van der Waals surface area contributed by atoms with Gasteiger partial charge in [-0.2, -0.15) is 0 Å². The molecule has 0 unspecified atom stereocenters. The van der Waals surface area contributed by atoms with Crippen LogP contribution in [0, 0.1) is 6.92 Å². The summed E-state index contributed by atoms with van der Waals surface area (Å²) < 4.78 is 0. The zero-order valence-electron chi connectivity index (χ0n) is 10.5. The molecule has 1 N–H and O–H groups in total. The van der Waals surface area contributed by atoms with Crippen molar-refractivity contribution < 1.29 is 4.79 Å². The highest BCUT2D eigenvalue weighted by molar-refractivity contribution is 7.99. The summed E-state index contributed by atoms with van der Waals surface area (Å²) in [5, 5.41) is 4.23. The van der Waals surface area contributed by atoms with Crippen molar-refractivity contribution in [3.05, 3.63) is 16.5 Å². The quantitative estimate of drug-likeness (QED) is 0.667. The Bertz CT molecular complexity index is 463. The van der Waals surface area contributed by atoms with Crippen LogP contribution in [-0.4, -0.2) is 27.7 Å². The molecule has 1 aromatic heterocycles. The summed E-state index contributed by atoms with van der Waals surface area (Å²) in [6.07, 6.45) is 2.95. The van der Waals surface area contributed by atoms with Crippen LogP contribution in [-0.2, 0) is 11.2 Å². The molecular formula is C12H16ClN3OS. The van der Waals surface area contributed by atoms with Crippen molar-refractivity contribution in [3.8, 4) is 0 Å². The van der Waals surface area contributed by atoms with Gasteiger partial charge in [-0.3, -0.25) is 4.79 Å². The molecule has 1 amide bonds. The molecule has 0 atom stereocenters. The van der Waals surface area contributed by atoms with E-state index in [-0.39, 0.29) is 5.91 Å². The predicted molar refractivity (Wildman–Crippen MR) is 73.0 cm³/mol. The Labute approximate surface area is 116 Å². The van der Waals surface area contributed by atoms with E-state index in [0.29, 0.717) is 16.9 Å². The maximum Gasteiger partial charge on any atom is 0.230 e. The van der Waals surface area contributed by atoms with Gasteiger partial charge in [0.05, 0.1) is 5.75 Å². The van der Waals surface area contributed by atoms with E-state index in [2.05, 4.69) is 15.3 Å². The lowest BCUT2D eigenvalue weighted by Gasteiger charge is -2.08. The first-order chi connectivity index (χ1) is 8.60. The molecule has 4 nitrogen and oxygen atoms in total. The van der Waals surface area contributed by atoms with Crippen molar-refractivity contribution >= 4 is 29.3 Å². The summed E-state index contributed by atoms with van der Waals surface area (Å²) >= 11 is 7.46. The summed E-state index contributed by atoms with van der Waals surface area (Å²) in [5.41, 5.74) is 0.845. The fourth-order valence-corrected chi connectivity index (χ4v) is 2.52. The van der Waals surface area contributed by atoms with Crippen LogP contribution in [0.3, 0.4) is 0 Å². The number of thioether (sulfide) groups is 1. The summed E-state index contributed by atoms with van der Waals surface area (Å²) in [7, 11) is 0. The molecule has 0 spiro atoms. The number of aryl methyl sites for hydroxylation is 1. The molecule has 0 bridgehead atoms. The number of halogens is 1. The van der Waals surface area contributed by atoms with Gasteiger partial charge >= 0.3 is 0 Å². The van der Waals surface area contributed by atoms with E-state index in [9.17, 15) is 4.79 Å². The lowest BCUT2D eigenvalue weighted by atomic mass is 10.3. The first-order valence-corrected chi connectivity index (χ1v) is 7.41. The van der Waals surface area contributed by atoms with Crippen LogP contribution >= 0.6 is 23.4 Å². The van der Waals surface area contributed by atoms with Crippen molar-refractivity contribution in [1.82, 2.24) is 15.3 Å². The number of carbonyl (C=O) groups excluding carboxylic acids is 1. The van der Waals surface area contributed by atoms with E-state index >= 15 is 0 Å². The lowest BCUT2D eigenvalue weighted by molar-refractivity contribution is -0.118. The number of carbonyl (C=O) groups is 1. The van der Waals surface area contributed by atoms with E-state index in [1.165, 1.54) is 11.8 Å². The van der Waals surface area contributed by atoms with Crippen LogP contribution in [0.5, 0.6) is 0 Å². The number of hydrogen-bond donors (Lipinski definition) is 1. The highest BCUT2D eigenvalue weighted by atomic mass is 35.5. The molecule has 1 aliphatic carbocycles. The first-order valence-electron chi connectivity index (χ1n) is 6.05. The monoisotopic (exact) mass is 285 g/mol. The SMILES string of the molecule is CCc1nc(Cl)c(C)c(SCC(=O)NC2CC2)n1. The van der Waals surface area contributed by atoms with Gasteiger partial charge in [0, 0.05) is 18.0 Å². The van der Waals surface area contributed by atoms with Crippen molar-refractivity contribution in [2.45, 2.75) is 44.2 Å². The van der Waals surface area contributed by atoms with Crippen LogP contribution in [0.15, 0.2) is 5.03 Å². The van der Waals surface area contributed by atoms with E-state index in [4.69, 9.17) is 11.6 Å². The molecule has 98 valence electrons. The fraction of sp³-hybridized carbons (Fsp3) is 0.583. The van der Waals surface area contributed by atoms with Gasteiger partial charge in [0.15, 0.2) is 0 Å². The number of nitrogens with one attached hydrogen (secondary N) is 1. The van der Waals surface area contributed by atoms with Gasteiger partial charge in [0.2, 0.25) is 5.91 Å². The minimum Gasteiger partial charge on any atom is -0.353 e. The van der Waals surface area contributed by atoms with E-state index < -0.39 is 0 Å². The molecule has 1 aliphatic rings. The normalized spacial score (nSPS) is 14.6. The minimum absolute atomic E-state index is 0.0645. The van der Waals surface area contributed by atoms with Gasteiger partial charge in [0.25, 0.3) is 0 Å². The zero-order valence-corrected chi connectivity index (χ0v) is 12.1. The van der Waals surface area contributed by atoms with Gasteiger partial charge in [-0.1, -0.05) is 30.3 Å². The number of hydrogen-bond acceptors (Lipinski definition) is 4. The standard InChI is InChI=1S/C12H16ClN3OS/c1-3-9-15-11(13)7(2)12(16-9)18-6-10(17)14-8-4-5-8/h8H,3-6H2,1-2H3,(H,14,17). The Morgan fingerprint density at radius 1 is 1.50 bits per heavy atom. The Hall–Kier alpha value is -0.810. The van der Waals surface area contributed by atoms with Crippen molar-refractivity contribution in [1.29, 1.82) is 0 Å². The van der Waals surface area contributed by atoms with Crippen molar-refractivity contribution in [3.63, 3.8) is 0 Å². The van der Waals surface area contributed by atoms with Gasteiger partial charge in [-0.25, -0.2) is 9.97 Å². The van der Waals surface area contributed by atoms with Gasteiger partial charge in [0.1, 0.15) is 16.0 Å². The average molecular weight is 286 g/mol. The molecule has 2 rings (SSSR count). The van der Waals surface area contributed by atoms with Gasteiger partial charge in [-0.05, 0) is 19.8 Å². The molecule has 18 heavy (non-hydrogen) atoms. The smallest absolute Gasteiger partial charge is 0.230 e. The van der Waals surface area contributed by atoms with Crippen molar-refractivity contribution in [2.24, 2.45) is 0 Å². The molecule has 0 saturated heterocycles. The lowest BCUT2D eigenvalue weighted by Crippen LogP contribution is -2.27. The molecule has 1 aromatic rings. The first kappa shape index (κ1) is 13.6. The van der Waals surface area contributed by atoms with Gasteiger partial charge in [-0.15, -0.1) is 0 Å². The van der Waals surface area contributed by atoms with Crippen LogP contribution in [0.25, 0.3) is 0 Å². The van der Waals surface area contributed by atoms with Crippen LogP contribution < -0.4 is 5.32 Å². The summed E-state index contributed by atoms with van der Waals surface area (Å²) in [4.78, 5) is 20.2. The second-order valence-corrected chi connectivity index (χ2v) is 5.67. The van der Waals surface area contributed by atoms with Crippen LogP contribution in [0.4, 0.5) is 0 Å². The molecule has 0 aromatic carbocycles. The topological polar surface area (TPSA) is 54.9 Å². The molecule has 1 fully saturated rings. The third-order valence-corrected chi connectivity index (χ3v) is 4.13. The van der Waals surface area contributed by atoms with E-state index in [1.807, 2.05) is 13.8 Å². The maximum atomic E-state index is 11.6. The Morgan fingerprint density at radius 2 is 2.22 bits per heavy atom. The van der Waals surface area contributed by atoms with Crippen LogP contribution in [0.1, 0.15) is 31.2 Å². The summed E-state index contributed by atoms with van der Waals surface area (Å²) in [5.74, 6) is 1.17. The Kier molecular flexibility index (Phi) is 4.45. The predicted octanol–water partition coefficient (Wildman–Crippen LogP) is 2.37. The molecule has 1 heterocycles. The number of aromatic nitrogens is 2. The zero-order chi connectivity index (χ0) is 13.1. The van der Waals surface area contributed by atoms with E-state index in [1.54, 1.807) is 0 Å². The second-order valence-electron chi connectivity index (χ2n) is 4.34. The van der Waals surface area contributed by atoms with E-state index in [0.717, 1.165) is 35.7 Å². The third-order valence-electron chi connectivity index (χ3n) is 2.69. The second kappa shape index (κ2) is 5.89.